The van der Waals surface area contributed by atoms with Gasteiger partial charge in [-0.3, -0.25) is 14.4 Å². The fourth-order valence-corrected chi connectivity index (χ4v) is 9.31. The van der Waals surface area contributed by atoms with Crippen molar-refractivity contribution in [3.63, 3.8) is 0 Å². The Balaban J connectivity index is 4.33. The Labute approximate surface area is 453 Å². The molecule has 6 nitrogen and oxygen atoms in total. The summed E-state index contributed by atoms with van der Waals surface area (Å²) in [6.07, 6.45) is 78.1. The fraction of sp³-hybridized carbons (Fsp3) is 0.806. The second kappa shape index (κ2) is 61.7. The monoisotopic (exact) mass is 1020 g/mol. The lowest BCUT2D eigenvalue weighted by atomic mass is 10.0. The zero-order valence-electron chi connectivity index (χ0n) is 48.7. The maximum atomic E-state index is 12.9. The number of allylic oxidation sites excluding steroid dienone is 10. The largest absolute Gasteiger partial charge is 0.462 e. The molecule has 0 aliphatic heterocycles. The van der Waals surface area contributed by atoms with Gasteiger partial charge in [0.2, 0.25) is 0 Å². The van der Waals surface area contributed by atoms with Crippen LogP contribution in [-0.4, -0.2) is 37.2 Å². The van der Waals surface area contributed by atoms with Crippen LogP contribution < -0.4 is 0 Å². The van der Waals surface area contributed by atoms with E-state index in [1.807, 2.05) is 0 Å². The summed E-state index contributed by atoms with van der Waals surface area (Å²) in [7, 11) is 0. The molecule has 0 N–H and O–H groups in total. The molecule has 0 fully saturated rings. The molecule has 0 amide bonds. The molecule has 0 aliphatic carbocycles. The molecule has 0 spiro atoms. The lowest BCUT2D eigenvalue weighted by molar-refractivity contribution is -0.167. The lowest BCUT2D eigenvalue weighted by Crippen LogP contribution is -2.30. The maximum absolute atomic E-state index is 12.9. The number of carbonyl (C=O) groups is 3. The van der Waals surface area contributed by atoms with Gasteiger partial charge in [-0.2, -0.15) is 0 Å². The van der Waals surface area contributed by atoms with Crippen LogP contribution in [0.2, 0.25) is 0 Å². The first-order valence-electron chi connectivity index (χ1n) is 31.8. The molecule has 0 bridgehead atoms. The van der Waals surface area contributed by atoms with Gasteiger partial charge >= 0.3 is 17.9 Å². The van der Waals surface area contributed by atoms with Gasteiger partial charge in [0.25, 0.3) is 0 Å². The van der Waals surface area contributed by atoms with E-state index in [2.05, 4.69) is 81.5 Å². The average molecular weight is 1020 g/mol. The second-order valence-electron chi connectivity index (χ2n) is 21.3. The summed E-state index contributed by atoms with van der Waals surface area (Å²) in [5, 5.41) is 0. The predicted octanol–water partition coefficient (Wildman–Crippen LogP) is 21.6. The molecular weight excluding hydrogens is 901 g/mol. The Bertz CT molecular complexity index is 1310. The molecule has 0 rings (SSSR count). The van der Waals surface area contributed by atoms with E-state index in [1.165, 1.54) is 205 Å². The molecule has 6 heteroatoms. The highest BCUT2D eigenvalue weighted by Crippen LogP contribution is 2.18. The van der Waals surface area contributed by atoms with Gasteiger partial charge in [0.1, 0.15) is 13.2 Å². The smallest absolute Gasteiger partial charge is 0.306 e. The van der Waals surface area contributed by atoms with Crippen LogP contribution in [0.4, 0.5) is 0 Å². The van der Waals surface area contributed by atoms with Crippen LogP contribution in [0.15, 0.2) is 60.8 Å². The zero-order chi connectivity index (χ0) is 52.9. The first-order valence-corrected chi connectivity index (χ1v) is 31.8. The number of carbonyl (C=O) groups excluding carboxylic acids is 3. The SMILES string of the molecule is CC/C=C\C/C=C\C/C=C\C/C=C\C/C=C\CCCC(=O)OC(COC(=O)CCCCCCCCCCCCCCCC)COC(=O)CCCCCCCCCCCCCCCCCCCCCCCCCC. The molecule has 1 atom stereocenters. The average Bonchev–Trinajstić information content (AvgIpc) is 3.39. The van der Waals surface area contributed by atoms with Gasteiger partial charge in [-0.1, -0.05) is 313 Å². The number of rotatable bonds is 58. The number of ether oxygens (including phenoxy) is 3. The second-order valence-corrected chi connectivity index (χ2v) is 21.3. The van der Waals surface area contributed by atoms with E-state index in [0.717, 1.165) is 77.0 Å². The van der Waals surface area contributed by atoms with Crippen molar-refractivity contribution in [3.8, 4) is 0 Å². The Morgan fingerprint density at radius 3 is 0.822 bits per heavy atom. The highest BCUT2D eigenvalue weighted by molar-refractivity contribution is 5.71. The van der Waals surface area contributed by atoms with Crippen LogP contribution in [0.3, 0.4) is 0 Å². The minimum absolute atomic E-state index is 0.0924. The van der Waals surface area contributed by atoms with Crippen molar-refractivity contribution in [1.29, 1.82) is 0 Å². The number of unbranched alkanes of at least 4 members (excludes halogenated alkanes) is 37. The third-order valence-electron chi connectivity index (χ3n) is 14.0. The molecule has 0 saturated heterocycles. The van der Waals surface area contributed by atoms with Gasteiger partial charge < -0.3 is 14.2 Å². The number of esters is 3. The van der Waals surface area contributed by atoms with Gasteiger partial charge in [-0.15, -0.1) is 0 Å². The van der Waals surface area contributed by atoms with Gasteiger partial charge in [-0.25, -0.2) is 0 Å². The molecule has 0 saturated carbocycles. The van der Waals surface area contributed by atoms with Crippen molar-refractivity contribution in [2.45, 2.75) is 335 Å². The topological polar surface area (TPSA) is 78.9 Å². The van der Waals surface area contributed by atoms with Crippen LogP contribution in [0, 0.1) is 0 Å². The minimum Gasteiger partial charge on any atom is -0.462 e. The quantitative estimate of drug-likeness (QED) is 0.0261. The van der Waals surface area contributed by atoms with Gasteiger partial charge in [0.05, 0.1) is 0 Å². The van der Waals surface area contributed by atoms with E-state index in [-0.39, 0.29) is 37.5 Å². The summed E-state index contributed by atoms with van der Waals surface area (Å²) in [4.78, 5) is 38.2. The molecule has 0 aromatic carbocycles. The Morgan fingerprint density at radius 1 is 0.288 bits per heavy atom. The van der Waals surface area contributed by atoms with E-state index in [4.69, 9.17) is 14.2 Å². The normalized spacial score (nSPS) is 12.4. The summed E-state index contributed by atoms with van der Waals surface area (Å²) >= 11 is 0. The molecule has 0 radical (unpaired) electrons. The van der Waals surface area contributed by atoms with E-state index >= 15 is 0 Å². The van der Waals surface area contributed by atoms with Gasteiger partial charge in [-0.05, 0) is 57.8 Å². The first-order chi connectivity index (χ1) is 36.0. The first kappa shape index (κ1) is 70.1. The van der Waals surface area contributed by atoms with Gasteiger partial charge in [0, 0.05) is 19.3 Å². The highest BCUT2D eigenvalue weighted by atomic mass is 16.6. The summed E-state index contributed by atoms with van der Waals surface area (Å²) < 4.78 is 16.9. The maximum Gasteiger partial charge on any atom is 0.306 e. The standard InChI is InChI=1S/C67H120O6/c1-4-7-10-13-16-19-22-25-28-30-31-32-33-34-35-36-38-39-42-45-48-51-54-57-60-66(69)72-63-64(62-71-65(68)59-56-53-50-47-44-41-27-24-21-18-15-12-9-6-3)73-67(70)61-58-55-52-49-46-43-40-37-29-26-23-20-17-14-11-8-5-2/h8,11,17,20,26,29,40,43,49,52,64H,4-7,9-10,12-16,18-19,21-25,27-28,30-39,41-42,44-48,50-51,53-63H2,1-3H3/b11-8-,20-17-,29-26-,43-40-,52-49-. The molecule has 1 unspecified atom stereocenters. The summed E-state index contributed by atoms with van der Waals surface area (Å²) in [6, 6.07) is 0. The number of hydrogen-bond donors (Lipinski definition) is 0. The van der Waals surface area contributed by atoms with Crippen LogP contribution in [0.25, 0.3) is 0 Å². The third-order valence-corrected chi connectivity index (χ3v) is 14.0. The Kier molecular flexibility index (Phi) is 59.2. The number of hydrogen-bond acceptors (Lipinski definition) is 6. The van der Waals surface area contributed by atoms with Crippen LogP contribution in [-0.2, 0) is 28.6 Å². The van der Waals surface area contributed by atoms with Crippen LogP contribution in [0.1, 0.15) is 329 Å². The molecule has 73 heavy (non-hydrogen) atoms. The van der Waals surface area contributed by atoms with E-state index < -0.39 is 6.10 Å². The van der Waals surface area contributed by atoms with Crippen LogP contribution in [0.5, 0.6) is 0 Å². The Hall–Kier alpha value is -2.89. The van der Waals surface area contributed by atoms with Crippen molar-refractivity contribution in [2.24, 2.45) is 0 Å². The van der Waals surface area contributed by atoms with Crippen molar-refractivity contribution >= 4 is 17.9 Å². The summed E-state index contributed by atoms with van der Waals surface area (Å²) in [5.41, 5.74) is 0. The van der Waals surface area contributed by atoms with Crippen molar-refractivity contribution < 1.29 is 28.6 Å². The molecular formula is C67H120O6. The molecule has 424 valence electrons. The predicted molar refractivity (Wildman–Crippen MR) is 316 cm³/mol. The van der Waals surface area contributed by atoms with E-state index in [9.17, 15) is 14.4 Å². The van der Waals surface area contributed by atoms with Crippen molar-refractivity contribution in [3.05, 3.63) is 60.8 Å². The fourth-order valence-electron chi connectivity index (χ4n) is 9.31. The highest BCUT2D eigenvalue weighted by Gasteiger charge is 2.19. The molecule has 0 aromatic heterocycles. The van der Waals surface area contributed by atoms with E-state index in [0.29, 0.717) is 19.3 Å². The summed E-state index contributed by atoms with van der Waals surface area (Å²) in [5.74, 6) is -0.932. The minimum atomic E-state index is -0.801. The summed E-state index contributed by atoms with van der Waals surface area (Å²) in [6.45, 7) is 6.53. The zero-order valence-corrected chi connectivity index (χ0v) is 48.7. The van der Waals surface area contributed by atoms with Gasteiger partial charge in [0.15, 0.2) is 6.10 Å². The Morgan fingerprint density at radius 2 is 0.534 bits per heavy atom. The molecule has 0 aromatic rings. The van der Waals surface area contributed by atoms with Crippen molar-refractivity contribution in [2.75, 3.05) is 13.2 Å². The lowest BCUT2D eigenvalue weighted by Gasteiger charge is -2.18. The third kappa shape index (κ3) is 59.9. The molecule has 0 heterocycles. The van der Waals surface area contributed by atoms with Crippen LogP contribution >= 0.6 is 0 Å². The molecule has 0 aliphatic rings. The van der Waals surface area contributed by atoms with E-state index in [1.54, 1.807) is 0 Å². The van der Waals surface area contributed by atoms with Crippen molar-refractivity contribution in [1.82, 2.24) is 0 Å².